The Bertz CT molecular complexity index is 128. The summed E-state index contributed by atoms with van der Waals surface area (Å²) in [5, 5.41) is 2.38. The lowest BCUT2D eigenvalue weighted by molar-refractivity contribution is -0.121. The van der Waals surface area contributed by atoms with Crippen LogP contribution in [0, 0.1) is 0 Å². The number of methoxy groups -OCH3 is 1. The molecule has 0 spiro atoms. The minimum atomic E-state index is -0.137. The Kier molecular flexibility index (Phi) is 0.749. The Morgan fingerprint density at radius 3 is 2.57 bits per heavy atom. The molecule has 1 heterocycles. The van der Waals surface area contributed by atoms with Gasteiger partial charge in [-0.3, -0.25) is 4.79 Å². The lowest BCUT2D eigenvalue weighted by Crippen LogP contribution is -2.30. The van der Waals surface area contributed by atoms with Crippen molar-refractivity contribution in [3.05, 3.63) is 12.0 Å². The molecule has 0 fully saturated rings. The summed E-state index contributed by atoms with van der Waals surface area (Å²) in [6.45, 7) is 0. The first kappa shape index (κ1) is 4.18. The molecule has 1 N–H and O–H groups in total. The molecule has 38 valence electrons. The monoisotopic (exact) mass is 99.0 g/mol. The molecule has 0 aromatic rings. The van der Waals surface area contributed by atoms with E-state index in [2.05, 4.69) is 10.1 Å². The summed E-state index contributed by atoms with van der Waals surface area (Å²) in [5.74, 6) is 0.266. The van der Waals surface area contributed by atoms with Crippen molar-refractivity contribution in [2.45, 2.75) is 0 Å². The van der Waals surface area contributed by atoms with Crippen molar-refractivity contribution < 1.29 is 9.53 Å². The first-order valence-corrected chi connectivity index (χ1v) is 1.89. The van der Waals surface area contributed by atoms with E-state index in [1.807, 2.05) is 0 Å². The molecule has 7 heavy (non-hydrogen) atoms. The maximum atomic E-state index is 10.2. The van der Waals surface area contributed by atoms with Gasteiger partial charge in [0.05, 0.1) is 13.3 Å². The Morgan fingerprint density at radius 2 is 2.57 bits per heavy atom. The molecule has 0 aliphatic carbocycles. The van der Waals surface area contributed by atoms with E-state index in [9.17, 15) is 4.79 Å². The van der Waals surface area contributed by atoms with Crippen LogP contribution in [0.1, 0.15) is 0 Å². The van der Waals surface area contributed by atoms with E-state index in [0.29, 0.717) is 5.76 Å². The molecular formula is C4H5NO2. The van der Waals surface area contributed by atoms with Crippen molar-refractivity contribution in [3.8, 4) is 0 Å². The smallest absolute Gasteiger partial charge is 0.291 e. The van der Waals surface area contributed by atoms with Gasteiger partial charge in [-0.2, -0.15) is 0 Å². The van der Waals surface area contributed by atoms with Gasteiger partial charge in [-0.1, -0.05) is 0 Å². The number of carbonyl (C=O) groups excluding carboxylic acids is 1. The summed E-state index contributed by atoms with van der Waals surface area (Å²) in [7, 11) is 1.46. The number of hydrogen-bond donors (Lipinski definition) is 1. The van der Waals surface area contributed by atoms with Crippen molar-refractivity contribution >= 4 is 5.91 Å². The summed E-state index contributed by atoms with van der Waals surface area (Å²) < 4.78 is 4.55. The third-order valence-corrected chi connectivity index (χ3v) is 0.778. The third-order valence-electron chi connectivity index (χ3n) is 0.778. The molecule has 0 atom stereocenters. The van der Waals surface area contributed by atoms with Crippen LogP contribution < -0.4 is 5.32 Å². The first-order valence-electron chi connectivity index (χ1n) is 1.89. The summed E-state index contributed by atoms with van der Waals surface area (Å²) in [6.07, 6.45) is 1.52. The van der Waals surface area contributed by atoms with Gasteiger partial charge >= 0.3 is 0 Å². The average molecular weight is 99.1 g/mol. The van der Waals surface area contributed by atoms with Gasteiger partial charge in [-0.25, -0.2) is 0 Å². The minimum absolute atomic E-state index is 0.137. The minimum Gasteiger partial charge on any atom is -0.490 e. The van der Waals surface area contributed by atoms with E-state index in [-0.39, 0.29) is 5.91 Å². The molecule has 0 saturated heterocycles. The number of amides is 1. The molecule has 0 bridgehead atoms. The number of carbonyl (C=O) groups is 1. The average Bonchev–Trinajstić information content (AvgIpc) is 1.65. The second kappa shape index (κ2) is 1.26. The Morgan fingerprint density at radius 1 is 1.86 bits per heavy atom. The quantitative estimate of drug-likeness (QED) is 0.486. The van der Waals surface area contributed by atoms with E-state index in [1.54, 1.807) is 0 Å². The first-order chi connectivity index (χ1) is 3.34. The lowest BCUT2D eigenvalue weighted by Gasteiger charge is -2.11. The highest BCUT2D eigenvalue weighted by atomic mass is 16.5. The van der Waals surface area contributed by atoms with Gasteiger partial charge in [0.2, 0.25) is 0 Å². The Balaban J connectivity index is 2.57. The second-order valence-corrected chi connectivity index (χ2v) is 1.19. The predicted octanol–water partition coefficient (Wildman–Crippen LogP) is -0.396. The summed E-state index contributed by atoms with van der Waals surface area (Å²) in [4.78, 5) is 10.2. The van der Waals surface area contributed by atoms with Gasteiger partial charge in [0.1, 0.15) is 0 Å². The standard InChI is InChI=1S/C4H5NO2/c1-7-3-2-5-4(3)6/h2H,1H3,(H,5,6). The van der Waals surface area contributed by atoms with Gasteiger partial charge in [-0.15, -0.1) is 0 Å². The molecule has 1 amide bonds. The fourth-order valence-electron chi connectivity index (χ4n) is 0.342. The number of ether oxygens (including phenoxy) is 1. The van der Waals surface area contributed by atoms with E-state index in [4.69, 9.17) is 0 Å². The topological polar surface area (TPSA) is 38.3 Å². The largest absolute Gasteiger partial charge is 0.490 e. The van der Waals surface area contributed by atoms with Crippen LogP contribution in [0.5, 0.6) is 0 Å². The molecule has 0 saturated carbocycles. The fraction of sp³-hybridized carbons (Fsp3) is 0.250. The normalized spacial score (nSPS) is 16.7. The highest BCUT2D eigenvalue weighted by Gasteiger charge is 2.15. The van der Waals surface area contributed by atoms with E-state index in [1.165, 1.54) is 13.3 Å². The molecule has 0 aromatic carbocycles. The zero-order valence-corrected chi connectivity index (χ0v) is 3.89. The molecule has 3 nitrogen and oxygen atoms in total. The van der Waals surface area contributed by atoms with Crippen LogP contribution in [-0.4, -0.2) is 13.0 Å². The molecule has 3 heteroatoms. The van der Waals surface area contributed by atoms with Gasteiger partial charge < -0.3 is 10.1 Å². The predicted molar refractivity (Wildman–Crippen MR) is 23.2 cm³/mol. The maximum absolute atomic E-state index is 10.2. The lowest BCUT2D eigenvalue weighted by atomic mass is 10.4. The Hall–Kier alpha value is -0.990. The van der Waals surface area contributed by atoms with Crippen LogP contribution in [0.15, 0.2) is 12.0 Å². The van der Waals surface area contributed by atoms with Crippen molar-refractivity contribution in [1.29, 1.82) is 0 Å². The second-order valence-electron chi connectivity index (χ2n) is 1.19. The van der Waals surface area contributed by atoms with Crippen LogP contribution in [0.2, 0.25) is 0 Å². The summed E-state index contributed by atoms with van der Waals surface area (Å²) in [5.41, 5.74) is 0. The molecule has 0 aromatic heterocycles. The Labute approximate surface area is 41.0 Å². The molecule has 0 radical (unpaired) electrons. The van der Waals surface area contributed by atoms with Gasteiger partial charge in [0, 0.05) is 0 Å². The van der Waals surface area contributed by atoms with Crippen LogP contribution in [0.4, 0.5) is 0 Å². The van der Waals surface area contributed by atoms with Crippen molar-refractivity contribution in [2.75, 3.05) is 7.11 Å². The molecular weight excluding hydrogens is 94.0 g/mol. The maximum Gasteiger partial charge on any atom is 0.291 e. The SMILES string of the molecule is COC1=CNC1=O. The molecule has 1 aliphatic heterocycles. The highest BCUT2D eigenvalue weighted by molar-refractivity contribution is 5.97. The highest BCUT2D eigenvalue weighted by Crippen LogP contribution is 2.00. The van der Waals surface area contributed by atoms with Crippen LogP contribution in [0.25, 0.3) is 0 Å². The molecule has 1 aliphatic rings. The van der Waals surface area contributed by atoms with Gasteiger partial charge in [-0.05, 0) is 0 Å². The molecule has 0 unspecified atom stereocenters. The van der Waals surface area contributed by atoms with Gasteiger partial charge in [0.15, 0.2) is 5.76 Å². The van der Waals surface area contributed by atoms with E-state index in [0.717, 1.165) is 0 Å². The number of nitrogens with one attached hydrogen (secondary N) is 1. The zero-order valence-electron chi connectivity index (χ0n) is 3.89. The van der Waals surface area contributed by atoms with Crippen molar-refractivity contribution in [2.24, 2.45) is 0 Å². The van der Waals surface area contributed by atoms with E-state index >= 15 is 0 Å². The van der Waals surface area contributed by atoms with Crippen LogP contribution >= 0.6 is 0 Å². The summed E-state index contributed by atoms with van der Waals surface area (Å²) >= 11 is 0. The van der Waals surface area contributed by atoms with Crippen molar-refractivity contribution in [1.82, 2.24) is 5.32 Å². The number of rotatable bonds is 1. The third kappa shape index (κ3) is 0.453. The summed E-state index contributed by atoms with van der Waals surface area (Å²) in [6, 6.07) is 0. The number of hydrogen-bond acceptors (Lipinski definition) is 2. The zero-order chi connectivity index (χ0) is 5.28. The van der Waals surface area contributed by atoms with Crippen LogP contribution in [-0.2, 0) is 9.53 Å². The van der Waals surface area contributed by atoms with Gasteiger partial charge in [0.25, 0.3) is 5.91 Å². The van der Waals surface area contributed by atoms with E-state index < -0.39 is 0 Å². The van der Waals surface area contributed by atoms with Crippen LogP contribution in [0.3, 0.4) is 0 Å². The van der Waals surface area contributed by atoms with Crippen molar-refractivity contribution in [3.63, 3.8) is 0 Å². The molecule has 1 rings (SSSR count). The fourth-order valence-corrected chi connectivity index (χ4v) is 0.342.